The normalized spacial score (nSPS) is 15.2. The van der Waals surface area contributed by atoms with Crippen LogP contribution < -0.4 is 4.90 Å². The molecule has 3 aromatic carbocycles. The predicted octanol–water partition coefficient (Wildman–Crippen LogP) is 4.12. The van der Waals surface area contributed by atoms with Gasteiger partial charge in [0.05, 0.1) is 29.8 Å². The number of rotatable bonds is 7. The van der Waals surface area contributed by atoms with E-state index in [1.54, 1.807) is 6.92 Å². The molecule has 0 aromatic heterocycles. The van der Waals surface area contributed by atoms with Gasteiger partial charge in [-0.2, -0.15) is 0 Å². The number of hydrogen-bond acceptors (Lipinski definition) is 5. The van der Waals surface area contributed by atoms with E-state index in [1.165, 1.54) is 66.7 Å². The summed E-state index contributed by atoms with van der Waals surface area (Å²) in [5, 5.41) is 0. The Morgan fingerprint density at radius 3 is 2.28 bits per heavy atom. The molecule has 0 bridgehead atoms. The molecule has 1 unspecified atom stereocenters. The first-order chi connectivity index (χ1) is 17.3. The van der Waals surface area contributed by atoms with Gasteiger partial charge in [0.2, 0.25) is 5.91 Å². The summed E-state index contributed by atoms with van der Waals surface area (Å²) in [5.74, 6) is -3.79. The molecule has 0 aliphatic carbocycles. The maximum Gasteiger partial charge on any atom is 0.338 e. The highest BCUT2D eigenvalue weighted by Crippen LogP contribution is 2.28. The second kappa shape index (κ2) is 10.5. The summed E-state index contributed by atoms with van der Waals surface area (Å²) in [7, 11) is 0. The Kier molecular flexibility index (Phi) is 7.19. The van der Waals surface area contributed by atoms with Gasteiger partial charge in [-0.3, -0.25) is 14.4 Å². The molecule has 1 heterocycles. The van der Waals surface area contributed by atoms with E-state index in [0.717, 1.165) is 15.9 Å². The lowest BCUT2D eigenvalue weighted by Crippen LogP contribution is -2.45. The molecule has 1 saturated heterocycles. The Morgan fingerprint density at radius 2 is 1.64 bits per heavy atom. The standard InChI is InChI=1S/C27H22F2N2O5/c1-2-36-27(35)18-9-13-20(14-10-18)31-24(32)15-23(26(31)34)30(16-17-7-11-19(28)12-8-17)25(33)21-5-3-4-6-22(21)29/h3-14,23H,2,15-16H2,1H3. The maximum atomic E-state index is 14.5. The lowest BCUT2D eigenvalue weighted by atomic mass is 10.1. The van der Waals surface area contributed by atoms with Crippen LogP contribution in [-0.4, -0.2) is 41.2 Å². The van der Waals surface area contributed by atoms with E-state index < -0.39 is 41.4 Å². The van der Waals surface area contributed by atoms with Crippen LogP contribution in [0.15, 0.2) is 72.8 Å². The number of anilines is 1. The average Bonchev–Trinajstić information content (AvgIpc) is 3.17. The number of amides is 3. The van der Waals surface area contributed by atoms with Gasteiger partial charge < -0.3 is 9.64 Å². The van der Waals surface area contributed by atoms with E-state index in [1.807, 2.05) is 0 Å². The van der Waals surface area contributed by atoms with Crippen molar-refractivity contribution < 1.29 is 32.7 Å². The summed E-state index contributed by atoms with van der Waals surface area (Å²) in [6.07, 6.45) is -0.320. The van der Waals surface area contributed by atoms with Gasteiger partial charge in [0.1, 0.15) is 17.7 Å². The Labute approximate surface area is 205 Å². The zero-order valence-electron chi connectivity index (χ0n) is 19.3. The lowest BCUT2D eigenvalue weighted by molar-refractivity contribution is -0.122. The smallest absolute Gasteiger partial charge is 0.338 e. The van der Waals surface area contributed by atoms with E-state index in [2.05, 4.69) is 0 Å². The summed E-state index contributed by atoms with van der Waals surface area (Å²) in [6, 6.07) is 15.2. The van der Waals surface area contributed by atoms with Crippen LogP contribution in [0.4, 0.5) is 14.5 Å². The molecular formula is C27H22F2N2O5. The van der Waals surface area contributed by atoms with Crippen LogP contribution in [0.2, 0.25) is 0 Å². The fourth-order valence-corrected chi connectivity index (χ4v) is 3.99. The van der Waals surface area contributed by atoms with Crippen LogP contribution in [0.25, 0.3) is 0 Å². The third-order valence-corrected chi connectivity index (χ3v) is 5.77. The molecule has 0 N–H and O–H groups in total. The first-order valence-corrected chi connectivity index (χ1v) is 11.2. The van der Waals surface area contributed by atoms with Crippen molar-refractivity contribution >= 4 is 29.4 Å². The van der Waals surface area contributed by atoms with Crippen LogP contribution in [-0.2, 0) is 20.9 Å². The quantitative estimate of drug-likeness (QED) is 0.366. The minimum absolute atomic E-state index is 0.146. The van der Waals surface area contributed by atoms with E-state index in [4.69, 9.17) is 4.74 Å². The second-order valence-corrected chi connectivity index (χ2v) is 8.09. The molecule has 36 heavy (non-hydrogen) atoms. The predicted molar refractivity (Wildman–Crippen MR) is 126 cm³/mol. The number of imide groups is 1. The minimum atomic E-state index is -1.21. The Hall–Kier alpha value is -4.40. The zero-order valence-corrected chi connectivity index (χ0v) is 19.3. The molecule has 0 saturated carbocycles. The Morgan fingerprint density at radius 1 is 0.972 bits per heavy atom. The number of esters is 1. The monoisotopic (exact) mass is 492 g/mol. The van der Waals surface area contributed by atoms with Crippen molar-refractivity contribution in [1.82, 2.24) is 4.90 Å². The van der Waals surface area contributed by atoms with Crippen LogP contribution in [0, 0.1) is 11.6 Å². The molecular weight excluding hydrogens is 470 g/mol. The van der Waals surface area contributed by atoms with E-state index in [-0.39, 0.29) is 36.4 Å². The van der Waals surface area contributed by atoms with Crippen molar-refractivity contribution in [2.45, 2.75) is 25.9 Å². The van der Waals surface area contributed by atoms with Crippen LogP contribution in [0.5, 0.6) is 0 Å². The number of ether oxygens (including phenoxy) is 1. The maximum absolute atomic E-state index is 14.5. The molecule has 184 valence electrons. The first kappa shape index (κ1) is 24.7. The number of benzene rings is 3. The van der Waals surface area contributed by atoms with Gasteiger partial charge in [0.15, 0.2) is 0 Å². The Balaban J connectivity index is 1.65. The molecule has 9 heteroatoms. The zero-order chi connectivity index (χ0) is 25.8. The Bertz CT molecular complexity index is 1310. The van der Waals surface area contributed by atoms with Gasteiger partial charge in [0, 0.05) is 6.54 Å². The molecule has 1 fully saturated rings. The summed E-state index contributed by atoms with van der Waals surface area (Å²) in [5.41, 5.74) is 0.722. The summed E-state index contributed by atoms with van der Waals surface area (Å²) < 4.78 is 32.8. The highest BCUT2D eigenvalue weighted by molar-refractivity contribution is 6.23. The third kappa shape index (κ3) is 5.00. The molecule has 3 aromatic rings. The van der Waals surface area contributed by atoms with Crippen molar-refractivity contribution in [1.29, 1.82) is 0 Å². The fraction of sp³-hybridized carbons (Fsp3) is 0.185. The van der Waals surface area contributed by atoms with Crippen molar-refractivity contribution in [2.24, 2.45) is 0 Å². The second-order valence-electron chi connectivity index (χ2n) is 8.09. The molecule has 7 nitrogen and oxygen atoms in total. The molecule has 0 spiro atoms. The minimum Gasteiger partial charge on any atom is -0.462 e. The first-order valence-electron chi connectivity index (χ1n) is 11.2. The highest BCUT2D eigenvalue weighted by atomic mass is 19.1. The molecule has 1 aliphatic heterocycles. The lowest BCUT2D eigenvalue weighted by Gasteiger charge is -2.28. The summed E-state index contributed by atoms with van der Waals surface area (Å²) in [4.78, 5) is 53.7. The van der Waals surface area contributed by atoms with Gasteiger partial charge in [-0.1, -0.05) is 24.3 Å². The van der Waals surface area contributed by atoms with Gasteiger partial charge in [-0.05, 0) is 61.0 Å². The van der Waals surface area contributed by atoms with Crippen LogP contribution in [0.1, 0.15) is 39.6 Å². The van der Waals surface area contributed by atoms with E-state index in [9.17, 15) is 28.0 Å². The van der Waals surface area contributed by atoms with Gasteiger partial charge in [-0.15, -0.1) is 0 Å². The third-order valence-electron chi connectivity index (χ3n) is 5.77. The number of halogens is 2. The van der Waals surface area contributed by atoms with Crippen LogP contribution in [0.3, 0.4) is 0 Å². The largest absolute Gasteiger partial charge is 0.462 e. The SMILES string of the molecule is CCOC(=O)c1ccc(N2C(=O)CC(N(Cc3ccc(F)cc3)C(=O)c3ccccc3F)C2=O)cc1. The van der Waals surface area contributed by atoms with Crippen molar-refractivity contribution in [3.05, 3.63) is 101 Å². The van der Waals surface area contributed by atoms with E-state index >= 15 is 0 Å². The average molecular weight is 492 g/mol. The van der Waals surface area contributed by atoms with E-state index in [0.29, 0.717) is 5.56 Å². The summed E-state index contributed by atoms with van der Waals surface area (Å²) in [6.45, 7) is 1.73. The fourth-order valence-electron chi connectivity index (χ4n) is 3.99. The number of nitrogens with zero attached hydrogens (tertiary/aromatic N) is 2. The number of hydrogen-bond donors (Lipinski definition) is 0. The molecule has 1 aliphatic rings. The highest BCUT2D eigenvalue weighted by Gasteiger charge is 2.44. The van der Waals surface area contributed by atoms with Gasteiger partial charge >= 0.3 is 5.97 Å². The molecule has 0 radical (unpaired) electrons. The number of carbonyl (C=O) groups excluding carboxylic acids is 4. The topological polar surface area (TPSA) is 84.0 Å². The van der Waals surface area contributed by atoms with Gasteiger partial charge in [-0.25, -0.2) is 18.5 Å². The molecule has 1 atom stereocenters. The number of carbonyl (C=O) groups is 4. The van der Waals surface area contributed by atoms with Gasteiger partial charge in [0.25, 0.3) is 11.8 Å². The molecule has 4 rings (SSSR count). The van der Waals surface area contributed by atoms with Crippen molar-refractivity contribution in [3.8, 4) is 0 Å². The molecule has 3 amide bonds. The van der Waals surface area contributed by atoms with Crippen molar-refractivity contribution in [3.63, 3.8) is 0 Å². The van der Waals surface area contributed by atoms with Crippen LogP contribution >= 0.6 is 0 Å². The summed E-state index contributed by atoms with van der Waals surface area (Å²) >= 11 is 0. The van der Waals surface area contributed by atoms with Crippen molar-refractivity contribution in [2.75, 3.05) is 11.5 Å².